The Morgan fingerprint density at radius 2 is 1.81 bits per heavy atom. The molecule has 1 atom stereocenters. The van der Waals surface area contributed by atoms with Crippen LogP contribution in [0.5, 0.6) is 0 Å². The first kappa shape index (κ1) is 13.0. The number of nitrogen functional groups attached to an aromatic ring is 1. The van der Waals surface area contributed by atoms with Crippen molar-refractivity contribution in [3.05, 3.63) is 5.89 Å². The zero-order chi connectivity index (χ0) is 11.8. The first-order chi connectivity index (χ1) is 7.72. The monoisotopic (exact) mass is 225 g/mol. The van der Waals surface area contributed by atoms with Gasteiger partial charge in [-0.3, -0.25) is 0 Å². The molecule has 2 rings (SSSR count). The zero-order valence-corrected chi connectivity index (χ0v) is 10.4. The van der Waals surface area contributed by atoms with Gasteiger partial charge in [0.05, 0.1) is 0 Å². The molecule has 16 heavy (non-hydrogen) atoms. The van der Waals surface area contributed by atoms with Gasteiger partial charge in [-0.05, 0) is 11.1 Å². The molecule has 4 heteroatoms. The van der Waals surface area contributed by atoms with Crippen molar-refractivity contribution in [1.29, 1.82) is 0 Å². The Bertz CT molecular complexity index is 274. The number of hydrogen-bond donors (Lipinski definition) is 1. The molecule has 1 aromatic rings. The van der Waals surface area contributed by atoms with E-state index < -0.39 is 0 Å². The summed E-state index contributed by atoms with van der Waals surface area (Å²) < 4.78 is 4.85. The Morgan fingerprint density at radius 1 is 1.25 bits per heavy atom. The number of aromatic nitrogens is 2. The second-order valence-corrected chi connectivity index (χ2v) is 4.53. The lowest BCUT2D eigenvalue weighted by atomic mass is 10.1. The van der Waals surface area contributed by atoms with Crippen LogP contribution in [0.15, 0.2) is 4.52 Å². The van der Waals surface area contributed by atoms with Crippen molar-refractivity contribution in [3.63, 3.8) is 0 Å². The summed E-state index contributed by atoms with van der Waals surface area (Å²) in [6.45, 7) is 4.27. The molecule has 0 radical (unpaired) electrons. The summed E-state index contributed by atoms with van der Waals surface area (Å²) >= 11 is 0. The van der Waals surface area contributed by atoms with Crippen LogP contribution in [-0.2, 0) is 6.42 Å². The summed E-state index contributed by atoms with van der Waals surface area (Å²) in [6, 6.07) is 0. The summed E-state index contributed by atoms with van der Waals surface area (Å²) in [7, 11) is 0. The van der Waals surface area contributed by atoms with Gasteiger partial charge in [-0.1, -0.05) is 52.4 Å². The third-order valence-electron chi connectivity index (χ3n) is 2.95. The molecule has 92 valence electrons. The molecule has 2 N–H and O–H groups in total. The standard InChI is InChI=1S/C7H13N3O.C5H10/c1-3-5(2)4-6-9-7(8)10-11-6;1-2-4-5-3-1/h5H,3-4H2,1-2H3,(H2,8,10);1-5H2. The fourth-order valence-corrected chi connectivity index (χ4v) is 1.68. The topological polar surface area (TPSA) is 64.9 Å². The number of rotatable bonds is 3. The van der Waals surface area contributed by atoms with Crippen molar-refractivity contribution in [1.82, 2.24) is 10.1 Å². The molecule has 1 unspecified atom stereocenters. The van der Waals surface area contributed by atoms with Gasteiger partial charge in [-0.25, -0.2) is 0 Å². The normalized spacial score (nSPS) is 16.6. The van der Waals surface area contributed by atoms with Crippen LogP contribution in [0.25, 0.3) is 0 Å². The van der Waals surface area contributed by atoms with Crippen LogP contribution in [0.2, 0.25) is 0 Å². The molecule has 0 aromatic carbocycles. The van der Waals surface area contributed by atoms with Crippen molar-refractivity contribution in [2.24, 2.45) is 5.92 Å². The van der Waals surface area contributed by atoms with Crippen LogP contribution in [0.1, 0.15) is 58.3 Å². The summed E-state index contributed by atoms with van der Waals surface area (Å²) in [4.78, 5) is 3.90. The average molecular weight is 225 g/mol. The Labute approximate surface area is 97.6 Å². The average Bonchev–Trinajstić information content (AvgIpc) is 2.92. The van der Waals surface area contributed by atoms with Gasteiger partial charge in [-0.2, -0.15) is 4.98 Å². The highest BCUT2D eigenvalue weighted by atomic mass is 16.5. The summed E-state index contributed by atoms with van der Waals surface area (Å²) in [5.41, 5.74) is 5.28. The van der Waals surface area contributed by atoms with E-state index in [1.54, 1.807) is 0 Å². The van der Waals surface area contributed by atoms with Crippen LogP contribution >= 0.6 is 0 Å². The first-order valence-electron chi connectivity index (χ1n) is 6.30. The van der Waals surface area contributed by atoms with Gasteiger partial charge >= 0.3 is 0 Å². The number of nitrogens with zero attached hydrogens (tertiary/aromatic N) is 2. The molecule has 0 aliphatic heterocycles. The van der Waals surface area contributed by atoms with E-state index in [0.29, 0.717) is 11.8 Å². The van der Waals surface area contributed by atoms with Crippen LogP contribution in [0.4, 0.5) is 5.95 Å². The molecule has 1 aliphatic rings. The predicted molar refractivity (Wildman–Crippen MR) is 65.0 cm³/mol. The number of nitrogens with two attached hydrogens (primary N) is 1. The molecule has 0 bridgehead atoms. The predicted octanol–water partition coefficient (Wildman–Crippen LogP) is 3.19. The maximum Gasteiger partial charge on any atom is 0.260 e. The van der Waals surface area contributed by atoms with E-state index in [1.165, 1.54) is 32.1 Å². The fourth-order valence-electron chi connectivity index (χ4n) is 1.68. The van der Waals surface area contributed by atoms with Crippen molar-refractivity contribution >= 4 is 5.95 Å². The highest BCUT2D eigenvalue weighted by Gasteiger charge is 2.06. The minimum atomic E-state index is 0.225. The van der Waals surface area contributed by atoms with E-state index in [4.69, 9.17) is 10.3 Å². The first-order valence-corrected chi connectivity index (χ1v) is 6.30. The lowest BCUT2D eigenvalue weighted by molar-refractivity contribution is 0.356. The molecule has 0 saturated heterocycles. The van der Waals surface area contributed by atoms with Gasteiger partial charge in [0.15, 0.2) is 0 Å². The minimum absolute atomic E-state index is 0.225. The molecule has 0 amide bonds. The lowest BCUT2D eigenvalue weighted by Crippen LogP contribution is -1.98. The Hall–Kier alpha value is -1.06. The highest BCUT2D eigenvalue weighted by molar-refractivity contribution is 5.10. The summed E-state index contributed by atoms with van der Waals surface area (Å²) in [5, 5.41) is 3.50. The molecule has 4 nitrogen and oxygen atoms in total. The van der Waals surface area contributed by atoms with Crippen molar-refractivity contribution in [2.45, 2.75) is 58.8 Å². The number of anilines is 1. The maximum atomic E-state index is 5.28. The maximum absolute atomic E-state index is 5.28. The molecule has 1 aromatic heterocycles. The van der Waals surface area contributed by atoms with E-state index in [1.807, 2.05) is 0 Å². The van der Waals surface area contributed by atoms with E-state index in [9.17, 15) is 0 Å². The Balaban J connectivity index is 0.000000212. The fraction of sp³-hybridized carbons (Fsp3) is 0.833. The molecule has 1 fully saturated rings. The molecule has 0 spiro atoms. The Kier molecular flexibility index (Phi) is 5.90. The van der Waals surface area contributed by atoms with Gasteiger partial charge in [0, 0.05) is 6.42 Å². The third-order valence-corrected chi connectivity index (χ3v) is 2.95. The third kappa shape index (κ3) is 5.14. The van der Waals surface area contributed by atoms with Gasteiger partial charge in [0.2, 0.25) is 5.89 Å². The molecular weight excluding hydrogens is 202 g/mol. The molecular formula is C12H23N3O. The minimum Gasteiger partial charge on any atom is -0.365 e. The van der Waals surface area contributed by atoms with Crippen LogP contribution in [0, 0.1) is 5.92 Å². The Morgan fingerprint density at radius 3 is 2.19 bits per heavy atom. The van der Waals surface area contributed by atoms with Crippen molar-refractivity contribution < 1.29 is 4.52 Å². The lowest BCUT2D eigenvalue weighted by Gasteiger charge is -2.01. The molecule has 1 aliphatic carbocycles. The van der Waals surface area contributed by atoms with Gasteiger partial charge in [0.1, 0.15) is 0 Å². The van der Waals surface area contributed by atoms with E-state index in [0.717, 1.165) is 12.8 Å². The van der Waals surface area contributed by atoms with Gasteiger partial charge < -0.3 is 10.3 Å². The van der Waals surface area contributed by atoms with Crippen LogP contribution in [-0.4, -0.2) is 10.1 Å². The van der Waals surface area contributed by atoms with Crippen molar-refractivity contribution in [2.75, 3.05) is 5.73 Å². The SMILES string of the molecule is C1CCCC1.CCC(C)Cc1nc(N)no1. The van der Waals surface area contributed by atoms with Gasteiger partial charge in [0.25, 0.3) is 5.95 Å². The zero-order valence-electron chi connectivity index (χ0n) is 10.4. The summed E-state index contributed by atoms with van der Waals surface area (Å²) in [5.74, 6) is 1.44. The van der Waals surface area contributed by atoms with Crippen LogP contribution < -0.4 is 5.73 Å². The highest BCUT2D eigenvalue weighted by Crippen LogP contribution is 2.15. The quantitative estimate of drug-likeness (QED) is 0.858. The summed E-state index contributed by atoms with van der Waals surface area (Å²) in [6.07, 6.45) is 9.43. The largest absolute Gasteiger partial charge is 0.365 e. The molecule has 1 saturated carbocycles. The van der Waals surface area contributed by atoms with Gasteiger partial charge in [-0.15, -0.1) is 0 Å². The van der Waals surface area contributed by atoms with E-state index >= 15 is 0 Å². The van der Waals surface area contributed by atoms with E-state index in [2.05, 4.69) is 24.0 Å². The molecule has 1 heterocycles. The second kappa shape index (κ2) is 7.25. The van der Waals surface area contributed by atoms with Crippen LogP contribution in [0.3, 0.4) is 0 Å². The number of hydrogen-bond acceptors (Lipinski definition) is 4. The van der Waals surface area contributed by atoms with Crippen molar-refractivity contribution in [3.8, 4) is 0 Å². The van der Waals surface area contributed by atoms with E-state index in [-0.39, 0.29) is 5.95 Å². The smallest absolute Gasteiger partial charge is 0.260 e. The second-order valence-electron chi connectivity index (χ2n) is 4.53.